The van der Waals surface area contributed by atoms with Gasteiger partial charge in [-0.25, -0.2) is 0 Å². The second kappa shape index (κ2) is 17.8. The molecule has 2 saturated heterocycles. The van der Waals surface area contributed by atoms with Crippen LogP contribution in [-0.4, -0.2) is 73.2 Å². The number of hydrogen-bond acceptors (Lipinski definition) is 6. The second-order valence-corrected chi connectivity index (χ2v) is 13.6. The Balaban J connectivity index is 0.866. The van der Waals surface area contributed by atoms with Gasteiger partial charge >= 0.3 is 0 Å². The van der Waals surface area contributed by atoms with Gasteiger partial charge in [0, 0.05) is 19.2 Å². The Morgan fingerprint density at radius 3 is 1.65 bits per heavy atom. The third-order valence-corrected chi connectivity index (χ3v) is 10.0. The average Bonchev–Trinajstić information content (AvgIpc) is 3.13. The molecule has 4 aromatic carbocycles. The zero-order chi connectivity index (χ0) is 33.7. The molecule has 0 aromatic heterocycles. The molecule has 0 spiro atoms. The monoisotopic (exact) mass is 658 g/mol. The molecule has 0 unspecified atom stereocenters. The van der Waals surface area contributed by atoms with Crippen molar-refractivity contribution in [1.82, 2.24) is 9.80 Å². The SMILES string of the molecule is O=C(/C=C/c1ccc(OCCN2CCC(Cc3ccccc3)CC2)cc1)c1ccc(OCCN2CCC(Cc3ccccc3)CC2)cc1O. The Morgan fingerprint density at radius 2 is 1.14 bits per heavy atom. The summed E-state index contributed by atoms with van der Waals surface area (Å²) in [7, 11) is 0. The molecule has 49 heavy (non-hydrogen) atoms. The summed E-state index contributed by atoms with van der Waals surface area (Å²) in [5.41, 5.74) is 4.02. The highest BCUT2D eigenvalue weighted by Crippen LogP contribution is 2.26. The van der Waals surface area contributed by atoms with Crippen molar-refractivity contribution in [2.24, 2.45) is 11.8 Å². The Labute approximate surface area is 292 Å². The van der Waals surface area contributed by atoms with Crippen molar-refractivity contribution in [3.05, 3.63) is 131 Å². The molecule has 2 fully saturated rings. The van der Waals surface area contributed by atoms with Crippen molar-refractivity contribution < 1.29 is 19.4 Å². The van der Waals surface area contributed by atoms with Gasteiger partial charge in [-0.3, -0.25) is 14.6 Å². The third-order valence-electron chi connectivity index (χ3n) is 10.0. The van der Waals surface area contributed by atoms with Crippen molar-refractivity contribution in [2.45, 2.75) is 38.5 Å². The number of allylic oxidation sites excluding steroid dienone is 1. The first-order valence-electron chi connectivity index (χ1n) is 18.0. The molecular formula is C43H50N2O4. The zero-order valence-corrected chi connectivity index (χ0v) is 28.6. The largest absolute Gasteiger partial charge is 0.507 e. The highest BCUT2D eigenvalue weighted by atomic mass is 16.5. The summed E-state index contributed by atoms with van der Waals surface area (Å²) in [6.07, 6.45) is 10.5. The molecular weight excluding hydrogens is 608 g/mol. The Kier molecular flexibility index (Phi) is 12.6. The van der Waals surface area contributed by atoms with Crippen molar-refractivity contribution >= 4 is 11.9 Å². The summed E-state index contributed by atoms with van der Waals surface area (Å²) in [5.74, 6) is 2.57. The lowest BCUT2D eigenvalue weighted by Gasteiger charge is -2.31. The van der Waals surface area contributed by atoms with E-state index in [1.165, 1.54) is 55.4 Å². The van der Waals surface area contributed by atoms with E-state index in [4.69, 9.17) is 9.47 Å². The van der Waals surface area contributed by atoms with Crippen molar-refractivity contribution in [3.8, 4) is 17.2 Å². The van der Waals surface area contributed by atoms with Gasteiger partial charge in [-0.15, -0.1) is 0 Å². The van der Waals surface area contributed by atoms with Crippen LogP contribution in [0.2, 0.25) is 0 Å². The topological polar surface area (TPSA) is 62.2 Å². The maximum absolute atomic E-state index is 12.9. The minimum Gasteiger partial charge on any atom is -0.507 e. The Bertz CT molecular complexity index is 1610. The number of carbonyl (C=O) groups is 1. The van der Waals surface area contributed by atoms with Gasteiger partial charge in [-0.05, 0) is 124 Å². The highest BCUT2D eigenvalue weighted by Gasteiger charge is 2.20. The number of phenolic OH excluding ortho intramolecular Hbond substituents is 1. The molecule has 256 valence electrons. The maximum Gasteiger partial charge on any atom is 0.189 e. The normalized spacial score (nSPS) is 16.6. The minimum absolute atomic E-state index is 0.0713. The van der Waals surface area contributed by atoms with Crippen LogP contribution in [-0.2, 0) is 12.8 Å². The van der Waals surface area contributed by atoms with Crippen LogP contribution in [0.5, 0.6) is 17.2 Å². The predicted octanol–water partition coefficient (Wildman–Crippen LogP) is 7.96. The lowest BCUT2D eigenvalue weighted by atomic mass is 9.90. The molecule has 0 atom stereocenters. The van der Waals surface area contributed by atoms with E-state index in [9.17, 15) is 9.90 Å². The van der Waals surface area contributed by atoms with E-state index in [1.54, 1.807) is 18.2 Å². The van der Waals surface area contributed by atoms with Gasteiger partial charge < -0.3 is 14.6 Å². The molecule has 0 radical (unpaired) electrons. The first-order valence-corrected chi connectivity index (χ1v) is 18.0. The molecule has 0 saturated carbocycles. The van der Waals surface area contributed by atoms with Gasteiger partial charge in [0.1, 0.15) is 30.5 Å². The number of rotatable bonds is 15. The fraction of sp³-hybridized carbons (Fsp3) is 0.372. The summed E-state index contributed by atoms with van der Waals surface area (Å²) in [4.78, 5) is 17.8. The fourth-order valence-electron chi connectivity index (χ4n) is 7.05. The Hall–Kier alpha value is -4.39. The molecule has 6 rings (SSSR count). The molecule has 6 heteroatoms. The van der Waals surface area contributed by atoms with Gasteiger partial charge in [0.15, 0.2) is 5.78 Å². The molecule has 2 aliphatic rings. The molecule has 0 aliphatic carbocycles. The minimum atomic E-state index is -0.254. The Morgan fingerprint density at radius 1 is 0.653 bits per heavy atom. The second-order valence-electron chi connectivity index (χ2n) is 13.6. The van der Waals surface area contributed by atoms with Crippen molar-refractivity contribution in [1.29, 1.82) is 0 Å². The van der Waals surface area contributed by atoms with Crippen LogP contribution in [0.4, 0.5) is 0 Å². The number of ether oxygens (including phenoxy) is 2. The zero-order valence-electron chi connectivity index (χ0n) is 28.6. The van der Waals surface area contributed by atoms with Gasteiger partial charge in [-0.2, -0.15) is 0 Å². The van der Waals surface area contributed by atoms with Crippen LogP contribution < -0.4 is 9.47 Å². The van der Waals surface area contributed by atoms with E-state index in [2.05, 4.69) is 70.5 Å². The molecule has 4 aromatic rings. The number of aromatic hydroxyl groups is 1. The van der Waals surface area contributed by atoms with Crippen LogP contribution in [0.15, 0.2) is 109 Å². The number of ketones is 1. The van der Waals surface area contributed by atoms with Crippen LogP contribution in [0, 0.1) is 11.8 Å². The van der Waals surface area contributed by atoms with Crippen LogP contribution in [0.3, 0.4) is 0 Å². The standard InChI is InChI=1S/C43H50N2O4/c46-42(41-17-16-40(33-43(41)47)49-30-28-45-25-21-38(22-26-45)32-36-9-5-2-6-10-36)18-13-34-11-14-39(15-12-34)48-29-27-44-23-19-37(20-24-44)31-35-7-3-1-4-8-35/h1-18,33,37-38,47H,19-32H2/b18-13+. The van der Waals surface area contributed by atoms with E-state index < -0.39 is 0 Å². The number of phenols is 1. The quantitative estimate of drug-likeness (QED) is 0.103. The van der Waals surface area contributed by atoms with E-state index in [0.29, 0.717) is 19.0 Å². The molecule has 0 bridgehead atoms. The highest BCUT2D eigenvalue weighted by molar-refractivity contribution is 6.08. The van der Waals surface area contributed by atoms with Gasteiger partial charge in [-0.1, -0.05) is 78.9 Å². The number of nitrogens with zero attached hydrogens (tertiary/aromatic N) is 2. The fourth-order valence-corrected chi connectivity index (χ4v) is 7.05. The van der Waals surface area contributed by atoms with Crippen LogP contribution in [0.1, 0.15) is 52.7 Å². The van der Waals surface area contributed by atoms with E-state index in [1.807, 2.05) is 24.3 Å². The summed E-state index contributed by atoms with van der Waals surface area (Å²) in [5, 5.41) is 10.6. The number of benzene rings is 4. The molecule has 6 nitrogen and oxygen atoms in total. The first kappa shape index (κ1) is 34.5. The van der Waals surface area contributed by atoms with Crippen molar-refractivity contribution in [2.75, 3.05) is 52.5 Å². The van der Waals surface area contributed by atoms with E-state index in [-0.39, 0.29) is 17.1 Å². The molecule has 2 heterocycles. The van der Waals surface area contributed by atoms with Gasteiger partial charge in [0.05, 0.1) is 5.56 Å². The molecule has 2 aliphatic heterocycles. The van der Waals surface area contributed by atoms with Gasteiger partial charge in [0.25, 0.3) is 0 Å². The summed E-state index contributed by atoms with van der Waals surface area (Å²) < 4.78 is 11.9. The lowest BCUT2D eigenvalue weighted by molar-refractivity contribution is 0.104. The molecule has 0 amide bonds. The molecule has 1 N–H and O–H groups in total. The summed E-state index contributed by atoms with van der Waals surface area (Å²) in [6, 6.07) is 34.2. The maximum atomic E-state index is 12.9. The number of likely N-dealkylation sites (tertiary alicyclic amines) is 2. The predicted molar refractivity (Wildman–Crippen MR) is 198 cm³/mol. The number of carbonyl (C=O) groups excluding carboxylic acids is 1. The van der Waals surface area contributed by atoms with E-state index in [0.717, 1.165) is 68.8 Å². The average molecular weight is 659 g/mol. The van der Waals surface area contributed by atoms with Crippen molar-refractivity contribution in [3.63, 3.8) is 0 Å². The van der Waals surface area contributed by atoms with Gasteiger partial charge in [0.2, 0.25) is 0 Å². The van der Waals surface area contributed by atoms with Crippen LogP contribution in [0.25, 0.3) is 6.08 Å². The summed E-state index contributed by atoms with van der Waals surface area (Å²) in [6.45, 7) is 7.38. The third kappa shape index (κ3) is 10.8. The lowest BCUT2D eigenvalue weighted by Crippen LogP contribution is -2.37. The summed E-state index contributed by atoms with van der Waals surface area (Å²) >= 11 is 0. The number of hydrogen-bond donors (Lipinski definition) is 1. The van der Waals surface area contributed by atoms with E-state index >= 15 is 0 Å². The smallest absolute Gasteiger partial charge is 0.189 e. The number of piperidine rings is 2. The van der Waals surface area contributed by atoms with Crippen LogP contribution >= 0.6 is 0 Å². The first-order chi connectivity index (χ1) is 24.1.